The van der Waals surface area contributed by atoms with Crippen molar-refractivity contribution < 1.29 is 4.79 Å². The van der Waals surface area contributed by atoms with Gasteiger partial charge in [-0.15, -0.1) is 0 Å². The Labute approximate surface area is 191 Å². The van der Waals surface area contributed by atoms with Crippen LogP contribution in [-0.4, -0.2) is 45.9 Å². The molecular formula is C22H26N8OS+. The molecule has 1 atom stereocenters. The Morgan fingerprint density at radius 2 is 2.19 bits per heavy atom. The number of hydrogen-bond acceptors (Lipinski definition) is 8. The number of amides is 1. The normalized spacial score (nSPS) is 20.5. The maximum atomic E-state index is 12.5. The van der Waals surface area contributed by atoms with Crippen LogP contribution < -0.4 is 20.9 Å². The maximum Gasteiger partial charge on any atom is 0.285 e. The van der Waals surface area contributed by atoms with Crippen molar-refractivity contribution in [1.29, 1.82) is 0 Å². The molecule has 1 unspecified atom stereocenters. The van der Waals surface area contributed by atoms with E-state index in [0.29, 0.717) is 6.54 Å². The zero-order valence-corrected chi connectivity index (χ0v) is 18.7. The van der Waals surface area contributed by atoms with E-state index in [1.807, 2.05) is 48.4 Å². The molecule has 32 heavy (non-hydrogen) atoms. The lowest BCUT2D eigenvalue weighted by Crippen LogP contribution is -2.42. The summed E-state index contributed by atoms with van der Waals surface area (Å²) in [5, 5.41) is 16.9. The average Bonchev–Trinajstić information content (AvgIpc) is 3.44. The summed E-state index contributed by atoms with van der Waals surface area (Å²) < 4.78 is 2.13. The number of benzene rings is 1. The van der Waals surface area contributed by atoms with Crippen LogP contribution in [0.15, 0.2) is 64.6 Å². The minimum Gasteiger partial charge on any atom is -0.326 e. The first-order valence-corrected chi connectivity index (χ1v) is 11.5. The Hall–Kier alpha value is -3.08. The number of carbonyl (C=O) groups is 1. The number of nitrogens with zero attached hydrogens (tertiary/aromatic N) is 4. The molecule has 3 aliphatic heterocycles. The van der Waals surface area contributed by atoms with Gasteiger partial charge in [0.25, 0.3) is 11.7 Å². The molecule has 2 aromatic rings. The van der Waals surface area contributed by atoms with Crippen LogP contribution in [0.1, 0.15) is 18.5 Å². The number of fused-ring (bicyclic) bond motifs is 1. The molecule has 0 bridgehead atoms. The summed E-state index contributed by atoms with van der Waals surface area (Å²) in [5.74, 6) is 2.72. The Kier molecular flexibility index (Phi) is 5.97. The van der Waals surface area contributed by atoms with Gasteiger partial charge in [0, 0.05) is 28.9 Å². The van der Waals surface area contributed by atoms with Crippen molar-refractivity contribution in [3.8, 4) is 0 Å². The zero-order chi connectivity index (χ0) is 21.9. The number of amidine groups is 1. The number of anilines is 2. The minimum atomic E-state index is 0.0456. The molecular weight excluding hydrogens is 424 g/mol. The Bertz CT molecular complexity index is 1070. The molecule has 0 aliphatic carbocycles. The third-order valence-electron chi connectivity index (χ3n) is 5.51. The lowest BCUT2D eigenvalue weighted by molar-refractivity contribution is -0.120. The minimum absolute atomic E-state index is 0.0456. The molecule has 1 aromatic heterocycles. The van der Waals surface area contributed by atoms with E-state index in [4.69, 9.17) is 0 Å². The second kappa shape index (κ2) is 9.19. The number of rotatable bonds is 6. The Morgan fingerprint density at radius 3 is 2.94 bits per heavy atom. The van der Waals surface area contributed by atoms with Crippen LogP contribution in [0, 0.1) is 12.8 Å². The SMILES string of the molecule is Cc1cc(NC2=CN(Sc3ccc(NC(=O)C4CCCNC4)cc3)CC3=NC=C[N+]23)n[nH]1. The van der Waals surface area contributed by atoms with Gasteiger partial charge in [-0.25, -0.2) is 0 Å². The van der Waals surface area contributed by atoms with E-state index >= 15 is 0 Å². The standard InChI is InChI=1S/C22H26N8OS/c1-15-11-19(28-27-15)26-21-14-29(13-20-24-9-10-30(20)21)32-18-6-4-17(5-7-18)25-22(31)16-3-2-8-23-12-16/h4-7,9-11,14,16,23H,2-3,8,12-13H2,1H3,(H,25,31)(H2,26,27,28)/q+1. The molecule has 1 fully saturated rings. The molecule has 10 heteroatoms. The number of carbonyl (C=O) groups excluding carboxylic acids is 1. The summed E-state index contributed by atoms with van der Waals surface area (Å²) >= 11 is 1.62. The molecule has 5 rings (SSSR count). The van der Waals surface area contributed by atoms with Crippen molar-refractivity contribution in [2.24, 2.45) is 10.9 Å². The van der Waals surface area contributed by atoms with E-state index in [9.17, 15) is 4.79 Å². The van der Waals surface area contributed by atoms with E-state index in [0.717, 1.165) is 59.7 Å². The van der Waals surface area contributed by atoms with E-state index < -0.39 is 0 Å². The highest BCUT2D eigenvalue weighted by Gasteiger charge is 2.37. The molecule has 1 amide bonds. The van der Waals surface area contributed by atoms with Gasteiger partial charge in [-0.2, -0.15) is 10.1 Å². The van der Waals surface area contributed by atoms with Gasteiger partial charge in [0.2, 0.25) is 5.91 Å². The smallest absolute Gasteiger partial charge is 0.285 e. The third-order valence-corrected chi connectivity index (χ3v) is 6.47. The van der Waals surface area contributed by atoms with Crippen LogP contribution in [-0.2, 0) is 4.79 Å². The van der Waals surface area contributed by atoms with E-state index in [1.165, 1.54) is 0 Å². The number of nitrogens with one attached hydrogen (secondary N) is 4. The van der Waals surface area contributed by atoms with E-state index in [2.05, 4.69) is 41.6 Å². The topological polar surface area (TPSA) is 103 Å². The predicted octanol–water partition coefficient (Wildman–Crippen LogP) is 2.91. The third kappa shape index (κ3) is 4.72. The van der Waals surface area contributed by atoms with Crippen LogP contribution >= 0.6 is 11.9 Å². The summed E-state index contributed by atoms with van der Waals surface area (Å²) in [6.45, 7) is 4.40. The molecule has 4 heterocycles. The number of aromatic amines is 1. The molecule has 9 nitrogen and oxygen atoms in total. The molecule has 0 saturated carbocycles. The molecule has 0 spiro atoms. The van der Waals surface area contributed by atoms with Gasteiger partial charge in [0.1, 0.15) is 6.54 Å². The van der Waals surface area contributed by atoms with Gasteiger partial charge < -0.3 is 10.6 Å². The van der Waals surface area contributed by atoms with Crippen molar-refractivity contribution in [2.75, 3.05) is 30.3 Å². The fraction of sp³-hybridized carbons (Fsp3) is 0.318. The monoisotopic (exact) mass is 450 g/mol. The second-order valence-electron chi connectivity index (χ2n) is 8.01. The summed E-state index contributed by atoms with van der Waals surface area (Å²) in [5.41, 5.74) is 1.82. The van der Waals surface area contributed by atoms with Crippen molar-refractivity contribution in [1.82, 2.24) is 24.7 Å². The van der Waals surface area contributed by atoms with Crippen LogP contribution in [0.3, 0.4) is 0 Å². The van der Waals surface area contributed by atoms with Gasteiger partial charge in [0.05, 0.1) is 18.3 Å². The summed E-state index contributed by atoms with van der Waals surface area (Å²) in [6, 6.07) is 9.92. The average molecular weight is 451 g/mol. The summed E-state index contributed by atoms with van der Waals surface area (Å²) in [4.78, 5) is 20.0. The maximum absolute atomic E-state index is 12.5. The van der Waals surface area contributed by atoms with Gasteiger partial charge in [-0.3, -0.25) is 19.5 Å². The van der Waals surface area contributed by atoms with Crippen molar-refractivity contribution >= 4 is 35.2 Å². The van der Waals surface area contributed by atoms with Crippen molar-refractivity contribution in [3.63, 3.8) is 0 Å². The lowest BCUT2D eigenvalue weighted by Gasteiger charge is -2.24. The zero-order valence-electron chi connectivity index (χ0n) is 17.8. The molecule has 1 radical (unpaired) electrons. The number of aryl methyl sites for hydroxylation is 1. The van der Waals surface area contributed by atoms with Gasteiger partial charge >= 0.3 is 0 Å². The Balaban J connectivity index is 1.24. The van der Waals surface area contributed by atoms with Crippen molar-refractivity contribution in [2.45, 2.75) is 24.7 Å². The van der Waals surface area contributed by atoms with Gasteiger partial charge in [0.15, 0.2) is 12.0 Å². The van der Waals surface area contributed by atoms with E-state index in [1.54, 1.807) is 18.1 Å². The van der Waals surface area contributed by atoms with Crippen molar-refractivity contribution in [3.05, 3.63) is 60.4 Å². The molecule has 4 N–H and O–H groups in total. The highest BCUT2D eigenvalue weighted by Crippen LogP contribution is 2.29. The number of piperidine rings is 1. The van der Waals surface area contributed by atoms with Crippen LogP contribution in [0.2, 0.25) is 0 Å². The van der Waals surface area contributed by atoms with E-state index in [-0.39, 0.29) is 11.8 Å². The Morgan fingerprint density at radius 1 is 1.31 bits per heavy atom. The van der Waals surface area contributed by atoms with Gasteiger partial charge in [-0.05, 0) is 67.4 Å². The molecule has 3 aliphatic rings. The van der Waals surface area contributed by atoms with Crippen LogP contribution in [0.25, 0.3) is 0 Å². The number of hydrogen-bond donors (Lipinski definition) is 4. The lowest BCUT2D eigenvalue weighted by atomic mass is 9.99. The molecule has 165 valence electrons. The fourth-order valence-electron chi connectivity index (χ4n) is 3.87. The quantitative estimate of drug-likeness (QED) is 0.399. The second-order valence-corrected chi connectivity index (χ2v) is 9.14. The van der Waals surface area contributed by atoms with Crippen LogP contribution in [0.5, 0.6) is 0 Å². The van der Waals surface area contributed by atoms with Gasteiger partial charge in [-0.1, -0.05) is 0 Å². The number of aromatic nitrogens is 2. The first-order valence-electron chi connectivity index (χ1n) is 10.7. The fourth-order valence-corrected chi connectivity index (χ4v) is 4.73. The predicted molar refractivity (Wildman–Crippen MR) is 127 cm³/mol. The largest absolute Gasteiger partial charge is 0.326 e. The summed E-state index contributed by atoms with van der Waals surface area (Å²) in [6.07, 6.45) is 7.78. The number of H-pyrrole nitrogens is 1. The molecule has 1 aromatic carbocycles. The highest BCUT2D eigenvalue weighted by atomic mass is 32.2. The molecule has 1 saturated heterocycles. The summed E-state index contributed by atoms with van der Waals surface area (Å²) in [7, 11) is 0. The van der Waals surface area contributed by atoms with Crippen LogP contribution in [0.4, 0.5) is 11.5 Å². The first-order chi connectivity index (χ1) is 15.6. The highest BCUT2D eigenvalue weighted by molar-refractivity contribution is 7.97. The number of aliphatic imine (C=N–C) groups is 1. The first kappa shape index (κ1) is 20.8.